The van der Waals surface area contributed by atoms with E-state index in [0.29, 0.717) is 49.3 Å². The molecule has 2 aromatic heterocycles. The molecule has 0 unspecified atom stereocenters. The molecule has 1 aliphatic heterocycles. The molecule has 0 radical (unpaired) electrons. The molecule has 2 amide bonds. The molecular formula is C26H24FN3O2S2. The lowest BCUT2D eigenvalue weighted by molar-refractivity contribution is -0.126. The van der Waals surface area contributed by atoms with Gasteiger partial charge in [0.2, 0.25) is 5.91 Å². The van der Waals surface area contributed by atoms with E-state index in [1.54, 1.807) is 29.5 Å². The Bertz CT molecular complexity index is 1290. The summed E-state index contributed by atoms with van der Waals surface area (Å²) in [5.41, 5.74) is 1.57. The first-order valence-electron chi connectivity index (χ1n) is 11.3. The average molecular weight is 494 g/mol. The molecule has 8 heteroatoms. The summed E-state index contributed by atoms with van der Waals surface area (Å²) in [5, 5.41) is 3.85. The van der Waals surface area contributed by atoms with Crippen LogP contribution in [0.4, 0.5) is 4.39 Å². The Morgan fingerprint density at radius 3 is 2.56 bits per heavy atom. The Morgan fingerprint density at radius 1 is 1.00 bits per heavy atom. The van der Waals surface area contributed by atoms with Crippen LogP contribution in [0.3, 0.4) is 0 Å². The number of amides is 2. The third-order valence-corrected chi connectivity index (χ3v) is 8.40. The molecule has 5 rings (SSSR count). The average Bonchev–Trinajstić information content (AvgIpc) is 3.52. The number of fused-ring (bicyclic) bond motifs is 1. The number of nitrogens with zero attached hydrogens (tertiary/aromatic N) is 2. The summed E-state index contributed by atoms with van der Waals surface area (Å²) >= 11 is 3.10. The maximum atomic E-state index is 13.7. The lowest BCUT2D eigenvalue weighted by atomic mass is 9.95. The number of piperidine rings is 1. The van der Waals surface area contributed by atoms with Gasteiger partial charge in [0.05, 0.1) is 20.0 Å². The van der Waals surface area contributed by atoms with Gasteiger partial charge in [0.25, 0.3) is 5.91 Å². The van der Waals surface area contributed by atoms with Gasteiger partial charge in [-0.1, -0.05) is 30.3 Å². The third kappa shape index (κ3) is 4.88. The molecule has 3 heterocycles. The van der Waals surface area contributed by atoms with E-state index < -0.39 is 0 Å². The molecule has 1 N–H and O–H groups in total. The fourth-order valence-electron chi connectivity index (χ4n) is 4.21. The first kappa shape index (κ1) is 22.7. The summed E-state index contributed by atoms with van der Waals surface area (Å²) in [7, 11) is 0. The number of halogens is 1. The molecule has 1 fully saturated rings. The van der Waals surface area contributed by atoms with Crippen LogP contribution in [-0.4, -0.2) is 41.3 Å². The molecule has 0 spiro atoms. The second-order valence-corrected chi connectivity index (χ2v) is 10.5. The standard InChI is InChI=1S/C26H24FN3O2S2/c27-19-6-2-1-5-17(19)11-14-28-24(31)18-12-15-30(16-13-18)26(32)23-10-9-22(33-23)25-29-20-7-3-4-8-21(20)34-25/h1-10,18H,11-16H2,(H,28,31). The van der Waals surface area contributed by atoms with Gasteiger partial charge in [-0.3, -0.25) is 9.59 Å². The molecule has 174 valence electrons. The number of hydrogen-bond donors (Lipinski definition) is 1. The van der Waals surface area contributed by atoms with Crippen LogP contribution in [0.25, 0.3) is 20.1 Å². The number of hydrogen-bond acceptors (Lipinski definition) is 5. The number of nitrogens with one attached hydrogen (secondary N) is 1. The van der Waals surface area contributed by atoms with E-state index in [0.717, 1.165) is 20.1 Å². The molecule has 0 atom stereocenters. The summed E-state index contributed by atoms with van der Waals surface area (Å²) < 4.78 is 14.9. The van der Waals surface area contributed by atoms with Crippen molar-refractivity contribution < 1.29 is 14.0 Å². The molecular weight excluding hydrogens is 469 g/mol. The molecule has 4 aromatic rings. The molecule has 1 aliphatic rings. The number of benzene rings is 2. The minimum absolute atomic E-state index is 0.00997. The van der Waals surface area contributed by atoms with Crippen molar-refractivity contribution in [3.63, 3.8) is 0 Å². The van der Waals surface area contributed by atoms with Gasteiger partial charge in [-0.25, -0.2) is 9.37 Å². The van der Waals surface area contributed by atoms with Gasteiger partial charge in [-0.2, -0.15) is 0 Å². The van der Waals surface area contributed by atoms with Gasteiger partial charge in [-0.15, -0.1) is 22.7 Å². The second-order valence-electron chi connectivity index (χ2n) is 8.35. The first-order chi connectivity index (χ1) is 16.6. The fourth-order valence-corrected chi connectivity index (χ4v) is 6.21. The van der Waals surface area contributed by atoms with Crippen LogP contribution in [0.2, 0.25) is 0 Å². The molecule has 34 heavy (non-hydrogen) atoms. The Hall–Kier alpha value is -3.10. The van der Waals surface area contributed by atoms with E-state index in [-0.39, 0.29) is 23.5 Å². The van der Waals surface area contributed by atoms with E-state index in [9.17, 15) is 14.0 Å². The molecule has 2 aromatic carbocycles. The number of carbonyl (C=O) groups excluding carboxylic acids is 2. The van der Waals surface area contributed by atoms with Crippen molar-refractivity contribution in [3.05, 3.63) is 76.9 Å². The normalized spacial score (nSPS) is 14.4. The van der Waals surface area contributed by atoms with Crippen LogP contribution in [0, 0.1) is 11.7 Å². The van der Waals surface area contributed by atoms with Crippen molar-refractivity contribution in [2.45, 2.75) is 19.3 Å². The molecule has 0 bridgehead atoms. The SMILES string of the molecule is O=C(NCCc1ccccc1F)C1CCN(C(=O)c2ccc(-c3nc4ccccc4s3)s2)CC1. The van der Waals surface area contributed by atoms with Gasteiger partial charge < -0.3 is 10.2 Å². The highest BCUT2D eigenvalue weighted by Gasteiger charge is 2.28. The number of thiazole rings is 1. The zero-order chi connectivity index (χ0) is 23.5. The molecule has 0 saturated carbocycles. The van der Waals surface area contributed by atoms with Gasteiger partial charge in [-0.05, 0) is 55.2 Å². The minimum atomic E-state index is -0.247. The monoisotopic (exact) mass is 493 g/mol. The summed E-state index contributed by atoms with van der Waals surface area (Å²) in [5.74, 6) is -0.372. The smallest absolute Gasteiger partial charge is 0.263 e. The lowest BCUT2D eigenvalue weighted by Gasteiger charge is -2.31. The lowest BCUT2D eigenvalue weighted by Crippen LogP contribution is -2.43. The minimum Gasteiger partial charge on any atom is -0.356 e. The van der Waals surface area contributed by atoms with Crippen molar-refractivity contribution >= 4 is 44.7 Å². The fraction of sp³-hybridized carbons (Fsp3) is 0.269. The highest BCUT2D eigenvalue weighted by Crippen LogP contribution is 2.35. The Labute approximate surface area is 205 Å². The van der Waals surface area contributed by atoms with Crippen molar-refractivity contribution in [2.75, 3.05) is 19.6 Å². The predicted octanol–water partition coefficient (Wildman–Crippen LogP) is 5.38. The molecule has 1 saturated heterocycles. The number of thiophene rings is 1. The van der Waals surface area contributed by atoms with Crippen molar-refractivity contribution in [1.29, 1.82) is 0 Å². The number of rotatable bonds is 6. The summed E-state index contributed by atoms with van der Waals surface area (Å²) in [6.07, 6.45) is 1.73. The van der Waals surface area contributed by atoms with Gasteiger partial charge in [0, 0.05) is 25.6 Å². The van der Waals surface area contributed by atoms with Crippen molar-refractivity contribution in [1.82, 2.24) is 15.2 Å². The Morgan fingerprint density at radius 2 is 1.76 bits per heavy atom. The van der Waals surface area contributed by atoms with Gasteiger partial charge in [0.15, 0.2) is 0 Å². The van der Waals surface area contributed by atoms with Crippen LogP contribution in [0.15, 0.2) is 60.7 Å². The summed E-state index contributed by atoms with van der Waals surface area (Å²) in [4.78, 5) is 33.8. The second kappa shape index (κ2) is 10.0. The third-order valence-electron chi connectivity index (χ3n) is 6.13. The van der Waals surface area contributed by atoms with Crippen LogP contribution in [-0.2, 0) is 11.2 Å². The van der Waals surface area contributed by atoms with E-state index in [4.69, 9.17) is 0 Å². The number of aromatic nitrogens is 1. The zero-order valence-corrected chi connectivity index (χ0v) is 20.1. The Kier molecular flexibility index (Phi) is 6.69. The van der Waals surface area contributed by atoms with Crippen LogP contribution < -0.4 is 5.32 Å². The van der Waals surface area contributed by atoms with Crippen molar-refractivity contribution in [3.8, 4) is 9.88 Å². The number of likely N-dealkylation sites (tertiary alicyclic amines) is 1. The number of para-hydroxylation sites is 1. The van der Waals surface area contributed by atoms with Gasteiger partial charge >= 0.3 is 0 Å². The topological polar surface area (TPSA) is 62.3 Å². The summed E-state index contributed by atoms with van der Waals surface area (Å²) in [6, 6.07) is 18.5. The molecule has 5 nitrogen and oxygen atoms in total. The predicted molar refractivity (Wildman–Crippen MR) is 135 cm³/mol. The highest BCUT2D eigenvalue weighted by atomic mass is 32.1. The first-order valence-corrected chi connectivity index (χ1v) is 13.0. The van der Waals surface area contributed by atoms with Gasteiger partial charge in [0.1, 0.15) is 10.8 Å². The maximum Gasteiger partial charge on any atom is 0.263 e. The van der Waals surface area contributed by atoms with Crippen molar-refractivity contribution in [2.24, 2.45) is 5.92 Å². The van der Waals surface area contributed by atoms with E-state index in [1.807, 2.05) is 35.2 Å². The van der Waals surface area contributed by atoms with Crippen LogP contribution >= 0.6 is 22.7 Å². The summed E-state index contributed by atoms with van der Waals surface area (Å²) in [6.45, 7) is 1.51. The van der Waals surface area contributed by atoms with E-state index in [2.05, 4.69) is 16.4 Å². The largest absolute Gasteiger partial charge is 0.356 e. The number of carbonyl (C=O) groups is 2. The zero-order valence-electron chi connectivity index (χ0n) is 18.5. The molecule has 0 aliphatic carbocycles. The maximum absolute atomic E-state index is 13.7. The van der Waals surface area contributed by atoms with Crippen LogP contribution in [0.5, 0.6) is 0 Å². The van der Waals surface area contributed by atoms with E-state index in [1.165, 1.54) is 17.4 Å². The quantitative estimate of drug-likeness (QED) is 0.393. The Balaban J connectivity index is 1.13. The van der Waals surface area contributed by atoms with Crippen LogP contribution in [0.1, 0.15) is 28.1 Å². The highest BCUT2D eigenvalue weighted by molar-refractivity contribution is 7.26. The van der Waals surface area contributed by atoms with E-state index >= 15 is 0 Å².